The van der Waals surface area contributed by atoms with Crippen molar-refractivity contribution in [2.24, 2.45) is 0 Å². The number of anilines is 1. The van der Waals surface area contributed by atoms with E-state index in [1.165, 1.54) is 4.90 Å². The number of amides is 1. The molecule has 0 atom stereocenters. The van der Waals surface area contributed by atoms with Gasteiger partial charge in [0.05, 0.1) is 11.8 Å². The number of ether oxygens (including phenoxy) is 1. The van der Waals surface area contributed by atoms with Crippen molar-refractivity contribution in [3.63, 3.8) is 0 Å². The normalized spacial score (nSPS) is 14.4. The van der Waals surface area contributed by atoms with Gasteiger partial charge in [0.15, 0.2) is 0 Å². The van der Waals surface area contributed by atoms with Gasteiger partial charge in [-0.1, -0.05) is 18.2 Å². The van der Waals surface area contributed by atoms with Crippen molar-refractivity contribution in [1.82, 2.24) is 0 Å². The molecule has 1 aliphatic rings. The van der Waals surface area contributed by atoms with Gasteiger partial charge >= 0.3 is 6.09 Å². The molecule has 0 aromatic heterocycles. The first-order chi connectivity index (χ1) is 8.63. The van der Waals surface area contributed by atoms with Crippen LogP contribution < -0.4 is 4.90 Å². The highest BCUT2D eigenvalue weighted by molar-refractivity contribution is 7.66. The van der Waals surface area contributed by atoms with Gasteiger partial charge in [0.1, 0.15) is 16.2 Å². The molecular weight excluding hydrogens is 250 g/mol. The van der Waals surface area contributed by atoms with E-state index in [9.17, 15) is 9.00 Å². The van der Waals surface area contributed by atoms with E-state index in [1.54, 1.807) is 13.8 Å². The highest BCUT2D eigenvalue weighted by Crippen LogP contribution is 2.28. The van der Waals surface area contributed by atoms with E-state index >= 15 is 0 Å². The molecule has 5 heteroatoms. The van der Waals surface area contributed by atoms with Gasteiger partial charge in [0.25, 0.3) is 0 Å². The summed E-state index contributed by atoms with van der Waals surface area (Å²) in [6.45, 7) is 3.58. The van der Waals surface area contributed by atoms with Crippen molar-refractivity contribution >= 4 is 28.0 Å². The first-order valence-electron chi connectivity index (χ1n) is 5.87. The minimum absolute atomic E-state index is 0.204. The summed E-state index contributed by atoms with van der Waals surface area (Å²) in [4.78, 5) is 14.0. The summed E-state index contributed by atoms with van der Waals surface area (Å²) in [6, 6.07) is 7.59. The molecule has 1 aliphatic heterocycles. The molecule has 0 saturated heterocycles. The van der Waals surface area contributed by atoms with E-state index in [1.807, 2.05) is 24.3 Å². The molecule has 1 aromatic carbocycles. The Hall–Kier alpha value is -1.62. The zero-order chi connectivity index (χ0) is 13.1. The lowest BCUT2D eigenvalue weighted by atomic mass is 10.0. The second kappa shape index (κ2) is 5.35. The van der Waals surface area contributed by atoms with E-state index in [0.717, 1.165) is 17.7 Å². The number of carbonyl (C=O) groups is 1. The fraction of sp³-hybridized carbons (Fsp3) is 0.385. The topological polar surface area (TPSA) is 46.6 Å². The van der Waals surface area contributed by atoms with E-state index in [4.69, 9.17) is 4.74 Å². The maximum Gasteiger partial charge on any atom is 0.419 e. The summed E-state index contributed by atoms with van der Waals surface area (Å²) < 4.78 is 16.3. The maximum absolute atomic E-state index is 12.1. The molecule has 18 heavy (non-hydrogen) atoms. The van der Waals surface area contributed by atoms with Gasteiger partial charge < -0.3 is 4.74 Å². The zero-order valence-electron chi connectivity index (χ0n) is 10.4. The van der Waals surface area contributed by atoms with Crippen LogP contribution in [0.5, 0.6) is 0 Å². The van der Waals surface area contributed by atoms with Crippen molar-refractivity contribution in [3.8, 4) is 0 Å². The number of benzene rings is 1. The molecule has 1 aromatic rings. The molecule has 96 valence electrons. The van der Waals surface area contributed by atoms with Gasteiger partial charge in [0, 0.05) is 6.42 Å². The van der Waals surface area contributed by atoms with Crippen LogP contribution in [0.15, 0.2) is 24.3 Å². The van der Waals surface area contributed by atoms with Gasteiger partial charge in [-0.2, -0.15) is 0 Å². The number of hydrogen-bond donors (Lipinski definition) is 0. The van der Waals surface area contributed by atoms with Crippen LogP contribution in [0.1, 0.15) is 25.8 Å². The fourth-order valence-corrected chi connectivity index (χ4v) is 2.39. The Morgan fingerprint density at radius 1 is 1.33 bits per heavy atom. The first kappa shape index (κ1) is 12.8. The third-order valence-corrected chi connectivity index (χ3v) is 3.28. The Labute approximate surface area is 110 Å². The molecule has 0 spiro atoms. The molecule has 1 heterocycles. The molecule has 0 saturated carbocycles. The van der Waals surface area contributed by atoms with Crippen molar-refractivity contribution in [1.29, 1.82) is 0 Å². The van der Waals surface area contributed by atoms with Crippen LogP contribution in [-0.4, -0.2) is 21.4 Å². The smallest absolute Gasteiger partial charge is 0.419 e. The van der Waals surface area contributed by atoms with Crippen molar-refractivity contribution in [3.05, 3.63) is 29.8 Å². The van der Waals surface area contributed by atoms with E-state index in [2.05, 4.69) is 0 Å². The van der Waals surface area contributed by atoms with Crippen LogP contribution in [0.2, 0.25) is 0 Å². The third kappa shape index (κ3) is 2.46. The van der Waals surface area contributed by atoms with Crippen LogP contribution in [-0.2, 0) is 22.4 Å². The molecule has 4 nitrogen and oxygen atoms in total. The molecule has 0 bridgehead atoms. The monoisotopic (exact) mass is 265 g/mol. The number of aryl methyl sites for hydroxylation is 1. The average molecular weight is 265 g/mol. The number of fused-ring (bicyclic) bond motifs is 1. The van der Waals surface area contributed by atoms with Gasteiger partial charge in [-0.05, 0) is 31.9 Å². The largest absolute Gasteiger partial charge is 0.446 e. The standard InChI is InChI=1S/C13H15NO3S/c1-9(2)17-13(15)14-11-6-4-3-5-10(11)7-8-12(14)18-16/h3-6,9H,7-8H2,1-2H3. The SMILES string of the molecule is CC(C)OC(=O)N1C(=S=O)CCc2ccccc21. The van der Waals surface area contributed by atoms with Gasteiger partial charge in [0.2, 0.25) is 0 Å². The molecular formula is C13H15NO3S. The second-order valence-electron chi connectivity index (χ2n) is 4.37. The van der Waals surface area contributed by atoms with Crippen molar-refractivity contribution in [2.75, 3.05) is 4.90 Å². The minimum Gasteiger partial charge on any atom is -0.446 e. The Morgan fingerprint density at radius 2 is 2.06 bits per heavy atom. The molecule has 0 aliphatic carbocycles. The molecule has 1 amide bonds. The molecule has 0 radical (unpaired) electrons. The van der Waals surface area contributed by atoms with Crippen molar-refractivity contribution < 1.29 is 13.7 Å². The van der Waals surface area contributed by atoms with Gasteiger partial charge in [-0.25, -0.2) is 13.9 Å². The van der Waals surface area contributed by atoms with E-state index < -0.39 is 6.09 Å². The fourth-order valence-electron chi connectivity index (χ4n) is 1.96. The lowest BCUT2D eigenvalue weighted by Gasteiger charge is -2.29. The number of para-hydroxylation sites is 1. The summed E-state index contributed by atoms with van der Waals surface area (Å²) in [5.74, 6) is 0. The average Bonchev–Trinajstić information content (AvgIpc) is 2.36. The Bertz CT molecular complexity index is 521. The molecule has 2 rings (SSSR count). The number of rotatable bonds is 1. The third-order valence-electron chi connectivity index (χ3n) is 2.71. The first-order valence-corrected chi connectivity index (χ1v) is 6.62. The van der Waals surface area contributed by atoms with Crippen LogP contribution in [0.25, 0.3) is 0 Å². The Balaban J connectivity index is 2.41. The quantitative estimate of drug-likeness (QED) is 0.732. The maximum atomic E-state index is 12.1. The van der Waals surface area contributed by atoms with Crippen molar-refractivity contribution in [2.45, 2.75) is 32.8 Å². The lowest BCUT2D eigenvalue weighted by molar-refractivity contribution is 0.125. The molecule has 0 fully saturated rings. The number of hydrogen-bond acceptors (Lipinski definition) is 3. The Kier molecular flexibility index (Phi) is 3.81. The predicted octanol–water partition coefficient (Wildman–Crippen LogP) is 2.33. The predicted molar refractivity (Wildman–Crippen MR) is 72.0 cm³/mol. The highest BCUT2D eigenvalue weighted by Gasteiger charge is 2.29. The summed E-state index contributed by atoms with van der Waals surface area (Å²) in [7, 11) is 0. The van der Waals surface area contributed by atoms with E-state index in [0.29, 0.717) is 22.7 Å². The molecule has 0 unspecified atom stereocenters. The van der Waals surface area contributed by atoms with Gasteiger partial charge in [-0.15, -0.1) is 0 Å². The summed E-state index contributed by atoms with van der Waals surface area (Å²) >= 11 is 0.365. The van der Waals surface area contributed by atoms with Gasteiger partial charge in [-0.3, -0.25) is 0 Å². The Morgan fingerprint density at radius 3 is 2.72 bits per heavy atom. The number of carbonyl (C=O) groups excluding carboxylic acids is 1. The zero-order valence-corrected chi connectivity index (χ0v) is 11.2. The highest BCUT2D eigenvalue weighted by atomic mass is 32.1. The van der Waals surface area contributed by atoms with E-state index in [-0.39, 0.29) is 6.10 Å². The van der Waals surface area contributed by atoms with Crippen LogP contribution >= 0.6 is 0 Å². The lowest BCUT2D eigenvalue weighted by Crippen LogP contribution is -2.41. The summed E-state index contributed by atoms with van der Waals surface area (Å²) in [6.07, 6.45) is 0.685. The van der Waals surface area contributed by atoms with Crippen LogP contribution in [0.3, 0.4) is 0 Å². The minimum atomic E-state index is -0.476. The van der Waals surface area contributed by atoms with Crippen LogP contribution in [0.4, 0.5) is 10.5 Å². The second-order valence-corrected chi connectivity index (χ2v) is 5.01. The number of nitrogens with zero attached hydrogens (tertiary/aromatic N) is 1. The van der Waals surface area contributed by atoms with Crippen LogP contribution in [0, 0.1) is 0 Å². The summed E-state index contributed by atoms with van der Waals surface area (Å²) in [5.41, 5.74) is 1.82. The molecule has 0 N–H and O–H groups in total. The summed E-state index contributed by atoms with van der Waals surface area (Å²) in [5, 5.41) is 0.